The molecule has 0 bridgehead atoms. The van der Waals surface area contributed by atoms with Crippen LogP contribution in [0.5, 0.6) is 0 Å². The fraction of sp³-hybridized carbons (Fsp3) is 0.415. The number of rotatable bonds is 4. The van der Waals surface area contributed by atoms with Crippen LogP contribution < -0.4 is 9.80 Å². The van der Waals surface area contributed by atoms with Crippen LogP contribution in [0.15, 0.2) is 84.9 Å². The standard InChI is InChI=1S/C41H49ClN2/c1-28-22-34(27-35(23-28)44-37-19-18-31(42)26-36(37)40(8)20-10-11-21-41(40,44)9)43(32-16-12-14-29(24-32)38(2,3)4)33-17-13-15-30(25-33)39(5,6)7/h12-19,22-27H,10-11,20-21H2,1-9H3. The van der Waals surface area contributed by atoms with Crippen molar-refractivity contribution in [3.63, 3.8) is 0 Å². The molecule has 1 heterocycles. The molecule has 0 amide bonds. The highest BCUT2D eigenvalue weighted by molar-refractivity contribution is 6.30. The summed E-state index contributed by atoms with van der Waals surface area (Å²) in [5.41, 5.74) is 11.5. The second kappa shape index (κ2) is 10.7. The van der Waals surface area contributed by atoms with E-state index in [1.54, 1.807) is 0 Å². The molecule has 0 N–H and O–H groups in total. The van der Waals surface area contributed by atoms with E-state index in [-0.39, 0.29) is 21.8 Å². The van der Waals surface area contributed by atoms with Gasteiger partial charge in [0, 0.05) is 38.9 Å². The number of nitrogens with zero attached hydrogens (tertiary/aromatic N) is 2. The molecule has 2 unspecified atom stereocenters. The minimum atomic E-state index is -0.0353. The molecule has 2 aliphatic rings. The minimum absolute atomic E-state index is 0.0353. The van der Waals surface area contributed by atoms with E-state index in [0.717, 1.165) is 11.4 Å². The third kappa shape index (κ3) is 5.14. The van der Waals surface area contributed by atoms with Crippen molar-refractivity contribution in [2.24, 2.45) is 0 Å². The molecule has 2 atom stereocenters. The van der Waals surface area contributed by atoms with Crippen LogP contribution in [0, 0.1) is 6.92 Å². The summed E-state index contributed by atoms with van der Waals surface area (Å²) in [4.78, 5) is 5.12. The summed E-state index contributed by atoms with van der Waals surface area (Å²) in [6.07, 6.45) is 4.84. The first kappa shape index (κ1) is 30.8. The summed E-state index contributed by atoms with van der Waals surface area (Å²) in [6, 6.07) is 31.9. The average Bonchev–Trinajstić information content (AvgIpc) is 3.15. The molecular formula is C41H49ClN2. The largest absolute Gasteiger partial charge is 0.334 e. The van der Waals surface area contributed by atoms with Gasteiger partial charge in [0.05, 0.1) is 5.54 Å². The first-order valence-electron chi connectivity index (χ1n) is 16.4. The number of aryl methyl sites for hydroxylation is 1. The summed E-state index contributed by atoms with van der Waals surface area (Å²) in [7, 11) is 0. The van der Waals surface area contributed by atoms with E-state index in [2.05, 4.69) is 157 Å². The van der Waals surface area contributed by atoms with E-state index >= 15 is 0 Å². The predicted octanol–water partition coefficient (Wildman–Crippen LogP) is 12.5. The molecule has 1 saturated carbocycles. The molecule has 0 aromatic heterocycles. The Balaban J connectivity index is 1.57. The van der Waals surface area contributed by atoms with Crippen molar-refractivity contribution in [1.29, 1.82) is 0 Å². The normalized spacial score (nSPS) is 21.6. The first-order chi connectivity index (χ1) is 20.6. The lowest BCUT2D eigenvalue weighted by Gasteiger charge is -2.50. The van der Waals surface area contributed by atoms with Crippen LogP contribution in [-0.2, 0) is 16.2 Å². The molecule has 2 nitrogen and oxygen atoms in total. The van der Waals surface area contributed by atoms with Crippen LogP contribution in [-0.4, -0.2) is 5.54 Å². The number of hydrogen-bond donors (Lipinski definition) is 0. The van der Waals surface area contributed by atoms with Crippen molar-refractivity contribution in [3.8, 4) is 0 Å². The fourth-order valence-corrected chi connectivity index (χ4v) is 7.95. The molecule has 6 rings (SSSR count). The Hall–Kier alpha value is -3.23. The molecule has 3 heteroatoms. The van der Waals surface area contributed by atoms with Gasteiger partial charge in [0.15, 0.2) is 0 Å². The Morgan fingerprint density at radius 3 is 1.86 bits per heavy atom. The van der Waals surface area contributed by atoms with E-state index in [1.807, 2.05) is 0 Å². The smallest absolute Gasteiger partial charge is 0.0517 e. The average molecular weight is 605 g/mol. The number of hydrogen-bond acceptors (Lipinski definition) is 2. The molecule has 0 radical (unpaired) electrons. The van der Waals surface area contributed by atoms with E-state index in [9.17, 15) is 0 Å². The number of anilines is 5. The lowest BCUT2D eigenvalue weighted by Crippen LogP contribution is -2.54. The topological polar surface area (TPSA) is 6.48 Å². The first-order valence-corrected chi connectivity index (χ1v) is 16.7. The highest BCUT2D eigenvalue weighted by Gasteiger charge is 2.57. The van der Waals surface area contributed by atoms with E-state index < -0.39 is 0 Å². The van der Waals surface area contributed by atoms with Gasteiger partial charge in [-0.05, 0) is 120 Å². The maximum atomic E-state index is 6.65. The molecule has 230 valence electrons. The quantitative estimate of drug-likeness (QED) is 0.228. The van der Waals surface area contributed by atoms with Gasteiger partial charge in [0.1, 0.15) is 0 Å². The van der Waals surface area contributed by atoms with Crippen molar-refractivity contribution in [2.45, 2.75) is 110 Å². The molecule has 1 aliphatic carbocycles. The van der Waals surface area contributed by atoms with Gasteiger partial charge in [-0.3, -0.25) is 0 Å². The Morgan fingerprint density at radius 1 is 0.682 bits per heavy atom. The molecule has 1 aliphatic heterocycles. The van der Waals surface area contributed by atoms with Gasteiger partial charge < -0.3 is 9.80 Å². The van der Waals surface area contributed by atoms with Crippen LogP contribution in [0.2, 0.25) is 5.02 Å². The zero-order valence-corrected chi connectivity index (χ0v) is 28.9. The summed E-state index contributed by atoms with van der Waals surface area (Å²) >= 11 is 6.65. The van der Waals surface area contributed by atoms with Crippen molar-refractivity contribution >= 4 is 40.0 Å². The van der Waals surface area contributed by atoms with Gasteiger partial charge in [0.2, 0.25) is 0 Å². The summed E-state index contributed by atoms with van der Waals surface area (Å²) in [5, 5.41) is 0.827. The van der Waals surface area contributed by atoms with Crippen LogP contribution in [0.25, 0.3) is 0 Å². The van der Waals surface area contributed by atoms with Crippen LogP contribution in [0.4, 0.5) is 28.4 Å². The van der Waals surface area contributed by atoms with Gasteiger partial charge in [-0.25, -0.2) is 0 Å². The number of benzene rings is 4. The van der Waals surface area contributed by atoms with Crippen molar-refractivity contribution in [2.75, 3.05) is 9.80 Å². The van der Waals surface area contributed by atoms with Crippen LogP contribution >= 0.6 is 11.6 Å². The molecule has 1 fully saturated rings. The van der Waals surface area contributed by atoms with Gasteiger partial charge in [-0.15, -0.1) is 0 Å². The van der Waals surface area contributed by atoms with E-state index in [0.29, 0.717) is 0 Å². The number of fused-ring (bicyclic) bond motifs is 3. The van der Waals surface area contributed by atoms with E-state index in [4.69, 9.17) is 11.6 Å². The van der Waals surface area contributed by atoms with Crippen molar-refractivity contribution in [3.05, 3.63) is 112 Å². The maximum absolute atomic E-state index is 6.65. The molecule has 0 saturated heterocycles. The zero-order chi connectivity index (χ0) is 31.7. The van der Waals surface area contributed by atoms with Crippen LogP contribution in [0.3, 0.4) is 0 Å². The second-order valence-electron chi connectivity index (χ2n) is 15.8. The van der Waals surface area contributed by atoms with Gasteiger partial charge in [-0.2, -0.15) is 0 Å². The Morgan fingerprint density at radius 2 is 1.27 bits per heavy atom. The second-order valence-corrected chi connectivity index (χ2v) is 16.2. The van der Waals surface area contributed by atoms with Gasteiger partial charge in [-0.1, -0.05) is 97.2 Å². The number of halogens is 1. The van der Waals surface area contributed by atoms with Crippen molar-refractivity contribution < 1.29 is 0 Å². The molecular weight excluding hydrogens is 556 g/mol. The maximum Gasteiger partial charge on any atom is 0.0517 e. The third-order valence-electron chi connectivity index (χ3n) is 10.6. The molecule has 4 aromatic rings. The van der Waals surface area contributed by atoms with Gasteiger partial charge in [0.25, 0.3) is 0 Å². The van der Waals surface area contributed by atoms with Crippen LogP contribution in [0.1, 0.15) is 103 Å². The summed E-state index contributed by atoms with van der Waals surface area (Å²) in [6.45, 7) is 21.0. The van der Waals surface area contributed by atoms with Crippen molar-refractivity contribution in [1.82, 2.24) is 0 Å². The molecule has 44 heavy (non-hydrogen) atoms. The summed E-state index contributed by atoms with van der Waals surface area (Å²) < 4.78 is 0. The third-order valence-corrected chi connectivity index (χ3v) is 10.8. The molecule has 4 aromatic carbocycles. The zero-order valence-electron chi connectivity index (χ0n) is 28.2. The summed E-state index contributed by atoms with van der Waals surface area (Å²) in [5.74, 6) is 0. The predicted molar refractivity (Wildman–Crippen MR) is 191 cm³/mol. The van der Waals surface area contributed by atoms with Gasteiger partial charge >= 0.3 is 0 Å². The molecule has 0 spiro atoms. The highest BCUT2D eigenvalue weighted by atomic mass is 35.5. The SMILES string of the molecule is Cc1cc(N(c2cccc(C(C)(C)C)c2)c2cccc(C(C)(C)C)c2)cc(N2c3ccc(Cl)cc3C3(C)CCCCC23C)c1. The Kier molecular flexibility index (Phi) is 7.48. The lowest BCUT2D eigenvalue weighted by molar-refractivity contribution is 0.195. The Labute approximate surface area is 271 Å². The Bertz CT molecular complexity index is 1650. The monoisotopic (exact) mass is 604 g/mol. The fourth-order valence-electron chi connectivity index (χ4n) is 7.78. The lowest BCUT2D eigenvalue weighted by atomic mass is 9.61. The van der Waals surface area contributed by atoms with E-state index in [1.165, 1.54) is 70.0 Å². The highest BCUT2D eigenvalue weighted by Crippen LogP contribution is 2.61. The minimum Gasteiger partial charge on any atom is -0.334 e.